The Kier molecular flexibility index (Phi) is 4.49. The number of rotatable bonds is 4. The Hall–Kier alpha value is -1.20. The molecule has 1 aliphatic heterocycles. The molecule has 1 aromatic rings. The van der Waals surface area contributed by atoms with Crippen LogP contribution in [0.5, 0.6) is 0 Å². The molecule has 3 N–H and O–H groups in total. The maximum absolute atomic E-state index is 11.9. The summed E-state index contributed by atoms with van der Waals surface area (Å²) in [5, 5.41) is 2.87. The van der Waals surface area contributed by atoms with Crippen molar-refractivity contribution < 1.29 is 4.79 Å². The largest absolute Gasteiger partial charge is 0.399 e. The molecule has 0 aliphatic carbocycles. The molecule has 1 saturated heterocycles. The highest BCUT2D eigenvalue weighted by Gasteiger charge is 2.21. The summed E-state index contributed by atoms with van der Waals surface area (Å²) in [5.74, 6) is 2.34. The number of anilines is 2. The number of nitrogens with one attached hydrogen (secondary N) is 1. The van der Waals surface area contributed by atoms with Crippen LogP contribution in [-0.2, 0) is 4.79 Å². The van der Waals surface area contributed by atoms with Gasteiger partial charge in [-0.3, -0.25) is 9.69 Å². The number of carbonyl (C=O) groups is 1. The molecular formula is C13H19N3OS. The fourth-order valence-corrected chi connectivity index (χ4v) is 3.34. The topological polar surface area (TPSA) is 58.4 Å². The Labute approximate surface area is 112 Å². The van der Waals surface area contributed by atoms with Crippen molar-refractivity contribution in [1.82, 2.24) is 4.90 Å². The van der Waals surface area contributed by atoms with Crippen molar-refractivity contribution >= 4 is 29.0 Å². The van der Waals surface area contributed by atoms with E-state index in [1.165, 1.54) is 12.2 Å². The molecule has 0 spiro atoms. The number of amides is 1. The van der Waals surface area contributed by atoms with Gasteiger partial charge >= 0.3 is 0 Å². The number of hydrogen-bond donors (Lipinski definition) is 2. The van der Waals surface area contributed by atoms with E-state index >= 15 is 0 Å². The zero-order valence-electron chi connectivity index (χ0n) is 10.6. The van der Waals surface area contributed by atoms with Crippen molar-refractivity contribution in [1.29, 1.82) is 0 Å². The second kappa shape index (κ2) is 6.11. The van der Waals surface area contributed by atoms with Crippen molar-refractivity contribution in [3.8, 4) is 0 Å². The van der Waals surface area contributed by atoms with E-state index in [1.54, 1.807) is 12.1 Å². The Balaban J connectivity index is 1.84. The smallest absolute Gasteiger partial charge is 0.238 e. The summed E-state index contributed by atoms with van der Waals surface area (Å²) in [7, 11) is 2.01. The Morgan fingerprint density at radius 3 is 3.11 bits per heavy atom. The number of benzene rings is 1. The van der Waals surface area contributed by atoms with Gasteiger partial charge in [-0.15, -0.1) is 0 Å². The lowest BCUT2D eigenvalue weighted by atomic mass is 10.2. The van der Waals surface area contributed by atoms with Gasteiger partial charge in [0.15, 0.2) is 0 Å². The fourth-order valence-electron chi connectivity index (χ4n) is 2.04. The summed E-state index contributed by atoms with van der Waals surface area (Å²) in [6, 6.07) is 7.78. The molecule has 0 aromatic heterocycles. The van der Waals surface area contributed by atoms with Crippen molar-refractivity contribution in [3.63, 3.8) is 0 Å². The zero-order valence-corrected chi connectivity index (χ0v) is 11.4. The first-order valence-corrected chi connectivity index (χ1v) is 7.24. The molecule has 1 heterocycles. The van der Waals surface area contributed by atoms with E-state index in [-0.39, 0.29) is 5.91 Å². The number of nitrogens with zero attached hydrogens (tertiary/aromatic N) is 1. The third-order valence-electron chi connectivity index (χ3n) is 3.09. The summed E-state index contributed by atoms with van der Waals surface area (Å²) in [6.07, 6.45) is 1.17. The van der Waals surface area contributed by atoms with Crippen LogP contribution in [0.15, 0.2) is 24.3 Å². The van der Waals surface area contributed by atoms with Gasteiger partial charge in [0.2, 0.25) is 5.91 Å². The van der Waals surface area contributed by atoms with Crippen molar-refractivity contribution in [2.75, 3.05) is 36.1 Å². The van der Waals surface area contributed by atoms with Crippen LogP contribution in [-0.4, -0.2) is 41.9 Å². The van der Waals surface area contributed by atoms with Gasteiger partial charge in [-0.25, -0.2) is 0 Å². The lowest BCUT2D eigenvalue weighted by Crippen LogP contribution is -2.37. The maximum Gasteiger partial charge on any atom is 0.238 e. The molecule has 1 unspecified atom stereocenters. The van der Waals surface area contributed by atoms with Crippen LogP contribution in [0.4, 0.5) is 11.4 Å². The monoisotopic (exact) mass is 265 g/mol. The van der Waals surface area contributed by atoms with E-state index in [2.05, 4.69) is 10.2 Å². The van der Waals surface area contributed by atoms with E-state index in [4.69, 9.17) is 5.73 Å². The molecule has 1 fully saturated rings. The van der Waals surface area contributed by atoms with Gasteiger partial charge < -0.3 is 11.1 Å². The third-order valence-corrected chi connectivity index (χ3v) is 4.24. The lowest BCUT2D eigenvalue weighted by Gasteiger charge is -2.22. The molecule has 18 heavy (non-hydrogen) atoms. The number of likely N-dealkylation sites (N-methyl/N-ethyl adjacent to an activating group) is 1. The second-order valence-electron chi connectivity index (χ2n) is 4.61. The molecule has 2 rings (SSSR count). The van der Waals surface area contributed by atoms with Crippen LogP contribution in [0.25, 0.3) is 0 Å². The van der Waals surface area contributed by atoms with Crippen LogP contribution in [0.2, 0.25) is 0 Å². The van der Waals surface area contributed by atoms with Crippen molar-refractivity contribution in [2.24, 2.45) is 0 Å². The predicted molar refractivity (Wildman–Crippen MR) is 77.8 cm³/mol. The van der Waals surface area contributed by atoms with E-state index in [1.807, 2.05) is 30.9 Å². The van der Waals surface area contributed by atoms with Crippen LogP contribution < -0.4 is 11.1 Å². The summed E-state index contributed by atoms with van der Waals surface area (Å²) in [6.45, 7) is 0.431. The minimum atomic E-state index is 0.0139. The van der Waals surface area contributed by atoms with Crippen molar-refractivity contribution in [3.05, 3.63) is 24.3 Å². The van der Waals surface area contributed by atoms with E-state index in [9.17, 15) is 4.79 Å². The summed E-state index contributed by atoms with van der Waals surface area (Å²) < 4.78 is 0. The first-order valence-electron chi connectivity index (χ1n) is 6.08. The molecule has 1 aromatic carbocycles. The van der Waals surface area contributed by atoms with E-state index in [0.29, 0.717) is 18.3 Å². The average molecular weight is 265 g/mol. The van der Waals surface area contributed by atoms with E-state index in [0.717, 1.165) is 11.4 Å². The molecule has 1 amide bonds. The number of thioether (sulfide) groups is 1. The normalized spacial score (nSPS) is 19.1. The first-order chi connectivity index (χ1) is 8.65. The molecule has 98 valence electrons. The predicted octanol–water partition coefficient (Wildman–Crippen LogP) is 1.64. The van der Waals surface area contributed by atoms with Gasteiger partial charge in [-0.1, -0.05) is 6.07 Å². The lowest BCUT2D eigenvalue weighted by molar-refractivity contribution is -0.117. The number of nitrogens with two attached hydrogens (primary N) is 1. The van der Waals surface area contributed by atoms with Crippen LogP contribution in [0, 0.1) is 0 Å². The van der Waals surface area contributed by atoms with E-state index < -0.39 is 0 Å². The summed E-state index contributed by atoms with van der Waals surface area (Å²) in [4.78, 5) is 14.0. The van der Waals surface area contributed by atoms with Crippen LogP contribution in [0.3, 0.4) is 0 Å². The highest BCUT2D eigenvalue weighted by atomic mass is 32.2. The Bertz CT molecular complexity index is 418. The molecule has 4 nitrogen and oxygen atoms in total. The maximum atomic E-state index is 11.9. The number of nitrogen functional groups attached to an aromatic ring is 1. The quantitative estimate of drug-likeness (QED) is 0.813. The molecule has 0 bridgehead atoms. The number of hydrogen-bond acceptors (Lipinski definition) is 4. The minimum Gasteiger partial charge on any atom is -0.399 e. The molecule has 1 atom stereocenters. The standard InChI is InChI=1S/C13H19N3OS/c1-16(12-5-6-18-9-12)8-13(17)15-11-4-2-3-10(14)7-11/h2-4,7,12H,5-6,8-9,14H2,1H3,(H,15,17). The molecular weight excluding hydrogens is 246 g/mol. The molecule has 0 radical (unpaired) electrons. The zero-order chi connectivity index (χ0) is 13.0. The van der Waals surface area contributed by atoms with Gasteiger partial charge in [0.25, 0.3) is 0 Å². The first kappa shape index (κ1) is 13.2. The highest BCUT2D eigenvalue weighted by Crippen LogP contribution is 2.21. The fraction of sp³-hybridized carbons (Fsp3) is 0.462. The Morgan fingerprint density at radius 1 is 1.61 bits per heavy atom. The summed E-state index contributed by atoms with van der Waals surface area (Å²) >= 11 is 1.95. The highest BCUT2D eigenvalue weighted by molar-refractivity contribution is 7.99. The summed E-state index contributed by atoms with van der Waals surface area (Å²) in [5.41, 5.74) is 7.09. The van der Waals surface area contributed by atoms with Gasteiger partial charge in [0.1, 0.15) is 0 Å². The van der Waals surface area contributed by atoms with Gasteiger partial charge in [-0.05, 0) is 37.4 Å². The molecule has 5 heteroatoms. The molecule has 1 aliphatic rings. The third kappa shape index (κ3) is 3.65. The Morgan fingerprint density at radius 2 is 2.44 bits per heavy atom. The van der Waals surface area contributed by atoms with Gasteiger partial charge in [0.05, 0.1) is 6.54 Å². The SMILES string of the molecule is CN(CC(=O)Nc1cccc(N)c1)C1CCSC1. The molecule has 0 saturated carbocycles. The van der Waals surface area contributed by atoms with Gasteiger partial charge in [0, 0.05) is 23.2 Å². The van der Waals surface area contributed by atoms with Crippen LogP contribution in [0.1, 0.15) is 6.42 Å². The average Bonchev–Trinajstić information content (AvgIpc) is 2.81. The second-order valence-corrected chi connectivity index (χ2v) is 5.76. The van der Waals surface area contributed by atoms with Crippen LogP contribution >= 0.6 is 11.8 Å². The number of carbonyl (C=O) groups excluding carboxylic acids is 1. The van der Waals surface area contributed by atoms with Gasteiger partial charge in [-0.2, -0.15) is 11.8 Å². The minimum absolute atomic E-state index is 0.0139. The van der Waals surface area contributed by atoms with Crippen molar-refractivity contribution in [2.45, 2.75) is 12.5 Å².